The van der Waals surface area contributed by atoms with Gasteiger partial charge in [0.25, 0.3) is 5.91 Å². The average Bonchev–Trinajstić information content (AvgIpc) is 2.93. The lowest BCUT2D eigenvalue weighted by Crippen LogP contribution is -2.35. The van der Waals surface area contributed by atoms with E-state index < -0.39 is 0 Å². The summed E-state index contributed by atoms with van der Waals surface area (Å²) < 4.78 is 10.9. The first kappa shape index (κ1) is 15.1. The second kappa shape index (κ2) is 6.95. The third kappa shape index (κ3) is 4.12. The molecule has 2 rings (SSSR count). The van der Waals surface area contributed by atoms with Gasteiger partial charge in [-0.25, -0.2) is 0 Å². The van der Waals surface area contributed by atoms with E-state index in [1.165, 1.54) is 0 Å². The minimum Gasteiger partial charge on any atom is -0.484 e. The van der Waals surface area contributed by atoms with Gasteiger partial charge in [0.2, 0.25) is 0 Å². The maximum absolute atomic E-state index is 11.7. The molecule has 110 valence electrons. The molecule has 1 amide bonds. The predicted molar refractivity (Wildman–Crippen MR) is 78.4 cm³/mol. The van der Waals surface area contributed by atoms with Crippen molar-refractivity contribution in [2.45, 2.75) is 32.8 Å². The molecular formula is C15H20ClNO3. The summed E-state index contributed by atoms with van der Waals surface area (Å²) in [4.78, 5) is 11.7. The van der Waals surface area contributed by atoms with Gasteiger partial charge in [0.15, 0.2) is 6.61 Å². The van der Waals surface area contributed by atoms with Crippen molar-refractivity contribution in [1.82, 2.24) is 5.32 Å². The van der Waals surface area contributed by atoms with Crippen molar-refractivity contribution in [3.05, 3.63) is 28.3 Å². The van der Waals surface area contributed by atoms with Gasteiger partial charge in [0.1, 0.15) is 5.75 Å². The Kier molecular flexibility index (Phi) is 5.26. The second-order valence-corrected chi connectivity index (χ2v) is 5.48. The molecule has 0 radical (unpaired) electrons. The number of nitrogens with one attached hydrogen (secondary N) is 1. The highest BCUT2D eigenvalue weighted by atomic mass is 35.5. The quantitative estimate of drug-likeness (QED) is 0.909. The highest BCUT2D eigenvalue weighted by Gasteiger charge is 2.16. The lowest BCUT2D eigenvalue weighted by Gasteiger charge is -2.12. The van der Waals surface area contributed by atoms with E-state index in [2.05, 4.69) is 5.32 Å². The number of halogens is 1. The van der Waals surface area contributed by atoms with Crippen LogP contribution in [0.2, 0.25) is 5.02 Å². The Balaban J connectivity index is 1.78. The van der Waals surface area contributed by atoms with E-state index in [4.69, 9.17) is 21.1 Å². The summed E-state index contributed by atoms with van der Waals surface area (Å²) in [5.41, 5.74) is 1.89. The van der Waals surface area contributed by atoms with Crippen molar-refractivity contribution in [3.63, 3.8) is 0 Å². The fourth-order valence-corrected chi connectivity index (χ4v) is 2.33. The van der Waals surface area contributed by atoms with Gasteiger partial charge in [-0.15, -0.1) is 0 Å². The number of hydrogen-bond donors (Lipinski definition) is 1. The normalized spacial score (nSPS) is 18.1. The van der Waals surface area contributed by atoms with Gasteiger partial charge in [-0.05, 0) is 49.9 Å². The van der Waals surface area contributed by atoms with Crippen molar-refractivity contribution < 1.29 is 14.3 Å². The lowest BCUT2D eigenvalue weighted by atomic mass is 10.1. The summed E-state index contributed by atoms with van der Waals surface area (Å²) in [7, 11) is 0. The molecule has 1 aromatic carbocycles. The van der Waals surface area contributed by atoms with E-state index >= 15 is 0 Å². The number of amides is 1. The fourth-order valence-electron chi connectivity index (χ4n) is 2.22. The molecule has 0 spiro atoms. The van der Waals surface area contributed by atoms with Gasteiger partial charge in [-0.1, -0.05) is 11.6 Å². The van der Waals surface area contributed by atoms with E-state index in [9.17, 15) is 4.79 Å². The molecule has 1 aliphatic heterocycles. The minimum atomic E-state index is -0.134. The van der Waals surface area contributed by atoms with E-state index in [0.717, 1.165) is 35.6 Å². The van der Waals surface area contributed by atoms with Crippen molar-refractivity contribution in [1.29, 1.82) is 0 Å². The first-order valence-corrected chi connectivity index (χ1v) is 7.22. The number of carbonyl (C=O) groups is 1. The molecule has 1 aliphatic rings. The van der Waals surface area contributed by atoms with Gasteiger partial charge < -0.3 is 14.8 Å². The molecule has 1 fully saturated rings. The Morgan fingerprint density at radius 3 is 2.75 bits per heavy atom. The molecule has 0 saturated carbocycles. The summed E-state index contributed by atoms with van der Waals surface area (Å²) in [5.74, 6) is 0.530. The van der Waals surface area contributed by atoms with Gasteiger partial charge in [0.05, 0.1) is 6.10 Å². The highest BCUT2D eigenvalue weighted by Crippen LogP contribution is 2.25. The molecule has 1 heterocycles. The minimum absolute atomic E-state index is 0.00717. The largest absolute Gasteiger partial charge is 0.484 e. The molecule has 20 heavy (non-hydrogen) atoms. The Morgan fingerprint density at radius 1 is 1.45 bits per heavy atom. The van der Waals surface area contributed by atoms with Crippen LogP contribution in [0.25, 0.3) is 0 Å². The van der Waals surface area contributed by atoms with Crippen LogP contribution >= 0.6 is 11.6 Å². The van der Waals surface area contributed by atoms with Gasteiger partial charge >= 0.3 is 0 Å². The number of aryl methyl sites for hydroxylation is 2. The fraction of sp³-hybridized carbons (Fsp3) is 0.533. The number of rotatable bonds is 5. The van der Waals surface area contributed by atoms with Crippen LogP contribution in [0.1, 0.15) is 24.0 Å². The second-order valence-electron chi connectivity index (χ2n) is 5.10. The van der Waals surface area contributed by atoms with E-state index in [1.54, 1.807) is 0 Å². The lowest BCUT2D eigenvalue weighted by molar-refractivity contribution is -0.123. The summed E-state index contributed by atoms with van der Waals surface area (Å²) >= 11 is 6.09. The standard InChI is InChI=1S/C15H20ClNO3/c1-10-6-13(7-11(2)15(10)16)20-9-14(18)17-8-12-4-3-5-19-12/h6-7,12H,3-5,8-9H2,1-2H3,(H,17,18)/t12-/m1/s1. The molecule has 1 saturated heterocycles. The van der Waals surface area contributed by atoms with Gasteiger partial charge in [-0.2, -0.15) is 0 Å². The summed E-state index contributed by atoms with van der Waals surface area (Å²) in [5, 5.41) is 3.56. The Labute approximate surface area is 124 Å². The maximum Gasteiger partial charge on any atom is 0.258 e. The summed E-state index contributed by atoms with van der Waals surface area (Å²) in [6.07, 6.45) is 2.23. The number of hydrogen-bond acceptors (Lipinski definition) is 3. The average molecular weight is 298 g/mol. The van der Waals surface area contributed by atoms with Gasteiger partial charge in [0, 0.05) is 18.2 Å². The number of carbonyl (C=O) groups excluding carboxylic acids is 1. The van der Waals surface area contributed by atoms with Crippen LogP contribution in [0.4, 0.5) is 0 Å². The molecule has 1 aromatic rings. The van der Waals surface area contributed by atoms with Gasteiger partial charge in [-0.3, -0.25) is 4.79 Å². The van der Waals surface area contributed by atoms with E-state index in [-0.39, 0.29) is 18.6 Å². The summed E-state index contributed by atoms with van der Waals surface area (Å²) in [6.45, 7) is 5.19. The zero-order chi connectivity index (χ0) is 14.5. The zero-order valence-corrected chi connectivity index (χ0v) is 12.6. The molecular weight excluding hydrogens is 278 g/mol. The maximum atomic E-state index is 11.7. The van der Waals surface area contributed by atoms with E-state index in [0.29, 0.717) is 12.3 Å². The topological polar surface area (TPSA) is 47.6 Å². The third-order valence-electron chi connectivity index (χ3n) is 3.33. The van der Waals surface area contributed by atoms with Crippen LogP contribution in [0.15, 0.2) is 12.1 Å². The van der Waals surface area contributed by atoms with Crippen LogP contribution in [0, 0.1) is 13.8 Å². The van der Waals surface area contributed by atoms with Crippen LogP contribution in [0.5, 0.6) is 5.75 Å². The van der Waals surface area contributed by atoms with Crippen molar-refractivity contribution in [2.75, 3.05) is 19.8 Å². The molecule has 0 unspecified atom stereocenters. The SMILES string of the molecule is Cc1cc(OCC(=O)NC[C@H]2CCCO2)cc(C)c1Cl. The molecule has 4 nitrogen and oxygen atoms in total. The van der Waals surface area contributed by atoms with Crippen LogP contribution < -0.4 is 10.1 Å². The number of benzene rings is 1. The molecule has 5 heteroatoms. The molecule has 1 N–H and O–H groups in total. The number of ether oxygens (including phenoxy) is 2. The zero-order valence-electron chi connectivity index (χ0n) is 11.9. The van der Waals surface area contributed by atoms with Crippen LogP contribution in [-0.2, 0) is 9.53 Å². The first-order chi connectivity index (χ1) is 9.56. The monoisotopic (exact) mass is 297 g/mol. The Hall–Kier alpha value is -1.26. The van der Waals surface area contributed by atoms with Crippen molar-refractivity contribution in [2.24, 2.45) is 0 Å². The van der Waals surface area contributed by atoms with Crippen molar-refractivity contribution >= 4 is 17.5 Å². The van der Waals surface area contributed by atoms with Crippen LogP contribution in [-0.4, -0.2) is 31.8 Å². The smallest absolute Gasteiger partial charge is 0.258 e. The summed E-state index contributed by atoms with van der Waals surface area (Å²) in [6, 6.07) is 3.67. The highest BCUT2D eigenvalue weighted by molar-refractivity contribution is 6.32. The Bertz CT molecular complexity index is 461. The third-order valence-corrected chi connectivity index (χ3v) is 3.93. The van der Waals surface area contributed by atoms with Crippen molar-refractivity contribution in [3.8, 4) is 5.75 Å². The first-order valence-electron chi connectivity index (χ1n) is 6.84. The molecule has 0 aromatic heterocycles. The van der Waals surface area contributed by atoms with Crippen LogP contribution in [0.3, 0.4) is 0 Å². The predicted octanol–water partition coefficient (Wildman–Crippen LogP) is 2.63. The molecule has 1 atom stereocenters. The molecule has 0 aliphatic carbocycles. The van der Waals surface area contributed by atoms with E-state index in [1.807, 2.05) is 26.0 Å². The Morgan fingerprint density at radius 2 is 2.15 bits per heavy atom. The molecule has 0 bridgehead atoms.